The first-order chi connectivity index (χ1) is 7.20. The number of carbonyl (C=O) groups excluding carboxylic acids is 1. The Kier molecular flexibility index (Phi) is 2.58. The molecule has 2 rings (SSSR count). The van der Waals surface area contributed by atoms with Gasteiger partial charge in [-0.3, -0.25) is 4.79 Å². The lowest BCUT2D eigenvalue weighted by Crippen LogP contribution is -2.48. The Bertz CT molecular complexity index is 373. The van der Waals surface area contributed by atoms with Crippen LogP contribution >= 0.6 is 0 Å². The summed E-state index contributed by atoms with van der Waals surface area (Å²) in [6.07, 6.45) is 0. The molecular formula is C11H14N2O2. The number of amides is 1. The number of carbonyl (C=O) groups is 1. The molecule has 0 N–H and O–H groups in total. The minimum Gasteiger partial charge on any atom is -0.481 e. The van der Waals surface area contributed by atoms with Crippen molar-refractivity contribution in [3.8, 4) is 5.88 Å². The highest BCUT2D eigenvalue weighted by molar-refractivity contribution is 5.92. The molecule has 0 bridgehead atoms. The van der Waals surface area contributed by atoms with Crippen molar-refractivity contribution in [1.82, 2.24) is 9.88 Å². The molecule has 2 heterocycles. The topological polar surface area (TPSA) is 42.4 Å². The lowest BCUT2D eigenvalue weighted by atomic mass is 10.0. The van der Waals surface area contributed by atoms with E-state index in [-0.39, 0.29) is 5.91 Å². The molecule has 0 unspecified atom stereocenters. The van der Waals surface area contributed by atoms with Crippen LogP contribution in [0.1, 0.15) is 17.4 Å². The second-order valence-electron chi connectivity index (χ2n) is 3.88. The van der Waals surface area contributed by atoms with E-state index in [1.165, 1.54) is 0 Å². The van der Waals surface area contributed by atoms with E-state index in [1.807, 2.05) is 0 Å². The van der Waals surface area contributed by atoms with Crippen LogP contribution in [-0.4, -0.2) is 36.0 Å². The number of likely N-dealkylation sites (tertiary alicyclic amines) is 1. The predicted octanol–water partition coefficient (Wildman–Crippen LogP) is 1.18. The van der Waals surface area contributed by atoms with E-state index in [2.05, 4.69) is 11.9 Å². The Balaban J connectivity index is 2.11. The largest absolute Gasteiger partial charge is 0.481 e. The van der Waals surface area contributed by atoms with E-state index in [4.69, 9.17) is 4.74 Å². The summed E-state index contributed by atoms with van der Waals surface area (Å²) in [7, 11) is 1.54. The molecule has 4 nitrogen and oxygen atoms in total. The van der Waals surface area contributed by atoms with Gasteiger partial charge in [0.25, 0.3) is 5.91 Å². The third-order valence-electron chi connectivity index (χ3n) is 2.50. The fourth-order valence-corrected chi connectivity index (χ4v) is 1.67. The maximum atomic E-state index is 11.8. The number of hydrogen-bond acceptors (Lipinski definition) is 3. The van der Waals surface area contributed by atoms with Crippen LogP contribution in [0, 0.1) is 5.92 Å². The van der Waals surface area contributed by atoms with Gasteiger partial charge in [0.1, 0.15) is 5.69 Å². The molecular weight excluding hydrogens is 192 g/mol. The Morgan fingerprint density at radius 1 is 1.53 bits per heavy atom. The summed E-state index contributed by atoms with van der Waals surface area (Å²) in [4.78, 5) is 17.8. The van der Waals surface area contributed by atoms with Crippen LogP contribution in [0.15, 0.2) is 18.2 Å². The monoisotopic (exact) mass is 206 g/mol. The quantitative estimate of drug-likeness (QED) is 0.729. The van der Waals surface area contributed by atoms with Crippen molar-refractivity contribution >= 4 is 5.91 Å². The first kappa shape index (κ1) is 9.96. The fourth-order valence-electron chi connectivity index (χ4n) is 1.67. The summed E-state index contributed by atoms with van der Waals surface area (Å²) < 4.78 is 4.98. The van der Waals surface area contributed by atoms with Gasteiger partial charge >= 0.3 is 0 Å². The molecule has 1 amide bonds. The molecule has 0 aliphatic carbocycles. The van der Waals surface area contributed by atoms with E-state index >= 15 is 0 Å². The molecule has 1 aliphatic heterocycles. The van der Waals surface area contributed by atoms with E-state index in [0.717, 1.165) is 13.1 Å². The van der Waals surface area contributed by atoms with Crippen molar-refractivity contribution in [2.45, 2.75) is 6.92 Å². The Hall–Kier alpha value is -1.58. The molecule has 4 heteroatoms. The van der Waals surface area contributed by atoms with Gasteiger partial charge in [-0.05, 0) is 12.0 Å². The first-order valence-electron chi connectivity index (χ1n) is 5.01. The lowest BCUT2D eigenvalue weighted by Gasteiger charge is -2.36. The van der Waals surface area contributed by atoms with Gasteiger partial charge in [0, 0.05) is 19.2 Å². The summed E-state index contributed by atoms with van der Waals surface area (Å²) in [5.41, 5.74) is 0.459. The molecule has 0 radical (unpaired) electrons. The second-order valence-corrected chi connectivity index (χ2v) is 3.88. The zero-order valence-electron chi connectivity index (χ0n) is 8.93. The molecule has 1 saturated heterocycles. The van der Waals surface area contributed by atoms with E-state index in [9.17, 15) is 4.79 Å². The van der Waals surface area contributed by atoms with Gasteiger partial charge in [-0.2, -0.15) is 0 Å². The third kappa shape index (κ3) is 1.93. The van der Waals surface area contributed by atoms with Crippen molar-refractivity contribution in [1.29, 1.82) is 0 Å². The van der Waals surface area contributed by atoms with Crippen molar-refractivity contribution in [2.24, 2.45) is 5.92 Å². The van der Waals surface area contributed by atoms with Crippen LogP contribution in [-0.2, 0) is 0 Å². The van der Waals surface area contributed by atoms with Gasteiger partial charge in [-0.25, -0.2) is 4.98 Å². The molecule has 80 valence electrons. The number of methoxy groups -OCH3 is 1. The van der Waals surface area contributed by atoms with Crippen molar-refractivity contribution < 1.29 is 9.53 Å². The fraction of sp³-hybridized carbons (Fsp3) is 0.455. The molecule has 15 heavy (non-hydrogen) atoms. The van der Waals surface area contributed by atoms with Crippen LogP contribution in [0.2, 0.25) is 0 Å². The van der Waals surface area contributed by atoms with Gasteiger partial charge in [0.15, 0.2) is 0 Å². The molecule has 0 saturated carbocycles. The number of rotatable bonds is 2. The molecule has 0 spiro atoms. The highest BCUT2D eigenvalue weighted by Gasteiger charge is 2.28. The van der Waals surface area contributed by atoms with E-state index < -0.39 is 0 Å². The van der Waals surface area contributed by atoms with E-state index in [0.29, 0.717) is 17.5 Å². The first-order valence-corrected chi connectivity index (χ1v) is 5.01. The number of aromatic nitrogens is 1. The van der Waals surface area contributed by atoms with Crippen LogP contribution in [0.4, 0.5) is 0 Å². The Labute approximate surface area is 88.9 Å². The lowest BCUT2D eigenvalue weighted by molar-refractivity contribution is 0.0523. The second kappa shape index (κ2) is 3.88. The molecule has 0 atom stereocenters. The summed E-state index contributed by atoms with van der Waals surface area (Å²) in [5.74, 6) is 1.08. The molecule has 1 fully saturated rings. The molecule has 1 aromatic heterocycles. The number of ether oxygens (including phenoxy) is 1. The maximum Gasteiger partial charge on any atom is 0.272 e. The normalized spacial score (nSPS) is 16.0. The number of hydrogen-bond donors (Lipinski definition) is 0. The van der Waals surface area contributed by atoms with Crippen molar-refractivity contribution in [3.63, 3.8) is 0 Å². The van der Waals surface area contributed by atoms with Gasteiger partial charge in [-0.1, -0.05) is 13.0 Å². The maximum absolute atomic E-state index is 11.8. The SMILES string of the molecule is COc1cccc(C(=O)N2CC(C)C2)n1. The van der Waals surface area contributed by atoms with Gasteiger partial charge in [0.05, 0.1) is 7.11 Å². The summed E-state index contributed by atoms with van der Waals surface area (Å²) in [6.45, 7) is 3.79. The number of pyridine rings is 1. The van der Waals surface area contributed by atoms with Crippen molar-refractivity contribution in [3.05, 3.63) is 23.9 Å². The van der Waals surface area contributed by atoms with Gasteiger partial charge in [-0.15, -0.1) is 0 Å². The Morgan fingerprint density at radius 2 is 2.27 bits per heavy atom. The molecule has 1 aliphatic rings. The Morgan fingerprint density at radius 3 is 2.87 bits per heavy atom. The predicted molar refractivity (Wildman–Crippen MR) is 55.9 cm³/mol. The van der Waals surface area contributed by atoms with Gasteiger partial charge in [0.2, 0.25) is 5.88 Å². The highest BCUT2D eigenvalue weighted by Crippen LogP contribution is 2.17. The zero-order valence-corrected chi connectivity index (χ0v) is 8.93. The minimum absolute atomic E-state index is 0.00741. The number of nitrogens with zero attached hydrogens (tertiary/aromatic N) is 2. The zero-order chi connectivity index (χ0) is 10.8. The third-order valence-corrected chi connectivity index (χ3v) is 2.50. The minimum atomic E-state index is -0.00741. The van der Waals surface area contributed by atoms with E-state index in [1.54, 1.807) is 30.2 Å². The van der Waals surface area contributed by atoms with Crippen molar-refractivity contribution in [2.75, 3.05) is 20.2 Å². The highest BCUT2D eigenvalue weighted by atomic mass is 16.5. The van der Waals surface area contributed by atoms with Crippen LogP contribution in [0.3, 0.4) is 0 Å². The van der Waals surface area contributed by atoms with Crippen LogP contribution < -0.4 is 4.74 Å². The summed E-state index contributed by atoms with van der Waals surface area (Å²) in [5, 5.41) is 0. The standard InChI is InChI=1S/C11H14N2O2/c1-8-6-13(7-8)11(14)9-4-3-5-10(12-9)15-2/h3-5,8H,6-7H2,1-2H3. The summed E-state index contributed by atoms with van der Waals surface area (Å²) >= 11 is 0. The van der Waals surface area contributed by atoms with Gasteiger partial charge < -0.3 is 9.64 Å². The average molecular weight is 206 g/mol. The van der Waals surface area contributed by atoms with Crippen LogP contribution in [0.25, 0.3) is 0 Å². The molecule has 1 aromatic rings. The smallest absolute Gasteiger partial charge is 0.272 e. The summed E-state index contributed by atoms with van der Waals surface area (Å²) in [6, 6.07) is 5.23. The average Bonchev–Trinajstić information content (AvgIpc) is 2.24. The molecule has 0 aromatic carbocycles. The van der Waals surface area contributed by atoms with Crippen LogP contribution in [0.5, 0.6) is 5.88 Å².